The van der Waals surface area contributed by atoms with Crippen molar-refractivity contribution < 1.29 is 14.7 Å². The zero-order chi connectivity index (χ0) is 16.4. The number of piperidine rings is 1. The molecule has 2 aromatic rings. The summed E-state index contributed by atoms with van der Waals surface area (Å²) in [6.07, 6.45) is 1.02. The Kier molecular flexibility index (Phi) is 4.19. The molecule has 0 spiro atoms. The number of rotatable bonds is 2. The van der Waals surface area contributed by atoms with Crippen LogP contribution < -0.4 is 5.32 Å². The normalized spacial score (nSPS) is 15.6. The van der Waals surface area contributed by atoms with E-state index in [9.17, 15) is 9.59 Å². The average molecular weight is 312 g/mol. The third-order valence-electron chi connectivity index (χ3n) is 4.38. The maximum absolute atomic E-state index is 12.5. The lowest BCUT2D eigenvalue weighted by molar-refractivity contribution is -0.143. The lowest BCUT2D eigenvalue weighted by atomic mass is 9.97. The van der Waals surface area contributed by atoms with Crippen molar-refractivity contribution in [3.63, 3.8) is 0 Å². The molecule has 1 aliphatic rings. The first-order valence-electron chi connectivity index (χ1n) is 7.83. The van der Waals surface area contributed by atoms with Crippen LogP contribution in [0.3, 0.4) is 0 Å². The van der Waals surface area contributed by atoms with Crippen LogP contribution in [0.4, 0.5) is 10.5 Å². The molecule has 5 heteroatoms. The summed E-state index contributed by atoms with van der Waals surface area (Å²) in [4.78, 5) is 25.1. The third-order valence-corrected chi connectivity index (χ3v) is 4.38. The Morgan fingerprint density at radius 3 is 2.57 bits per heavy atom. The van der Waals surface area contributed by atoms with E-state index in [2.05, 4.69) is 11.4 Å². The van der Waals surface area contributed by atoms with E-state index in [1.807, 2.05) is 37.3 Å². The fourth-order valence-electron chi connectivity index (χ4n) is 3.09. The predicted octanol–water partition coefficient (Wildman–Crippen LogP) is 3.48. The van der Waals surface area contributed by atoms with Crippen molar-refractivity contribution in [1.29, 1.82) is 0 Å². The van der Waals surface area contributed by atoms with E-state index in [0.717, 1.165) is 22.0 Å². The number of anilines is 1. The molecule has 0 atom stereocenters. The fraction of sp³-hybridized carbons (Fsp3) is 0.333. The zero-order valence-electron chi connectivity index (χ0n) is 13.1. The van der Waals surface area contributed by atoms with Gasteiger partial charge in [-0.15, -0.1) is 0 Å². The van der Waals surface area contributed by atoms with Gasteiger partial charge in [0.05, 0.1) is 11.6 Å². The number of aryl methyl sites for hydroxylation is 1. The molecule has 0 aliphatic carbocycles. The van der Waals surface area contributed by atoms with Crippen molar-refractivity contribution in [3.05, 3.63) is 42.0 Å². The van der Waals surface area contributed by atoms with Crippen LogP contribution in [0.2, 0.25) is 0 Å². The number of nitrogens with zero attached hydrogens (tertiary/aromatic N) is 1. The molecule has 0 unspecified atom stereocenters. The molecule has 1 saturated heterocycles. The van der Waals surface area contributed by atoms with Crippen molar-refractivity contribution >= 4 is 28.5 Å². The summed E-state index contributed by atoms with van der Waals surface area (Å²) in [6, 6.07) is 11.8. The maximum Gasteiger partial charge on any atom is 0.321 e. The van der Waals surface area contributed by atoms with Gasteiger partial charge in [0, 0.05) is 18.5 Å². The van der Waals surface area contributed by atoms with Gasteiger partial charge in [0.25, 0.3) is 0 Å². The Morgan fingerprint density at radius 1 is 1.17 bits per heavy atom. The number of nitrogens with one attached hydrogen (secondary N) is 1. The Bertz CT molecular complexity index is 749. The summed E-state index contributed by atoms with van der Waals surface area (Å²) >= 11 is 0. The molecule has 0 aromatic heterocycles. The number of carbonyl (C=O) groups excluding carboxylic acids is 1. The van der Waals surface area contributed by atoms with Crippen molar-refractivity contribution in [3.8, 4) is 0 Å². The number of benzene rings is 2. The number of carbonyl (C=O) groups is 2. The second-order valence-corrected chi connectivity index (χ2v) is 6.06. The lowest BCUT2D eigenvalue weighted by Gasteiger charge is -2.30. The average Bonchev–Trinajstić information content (AvgIpc) is 2.54. The van der Waals surface area contributed by atoms with Gasteiger partial charge in [0.2, 0.25) is 0 Å². The van der Waals surface area contributed by atoms with Crippen molar-refractivity contribution in [2.24, 2.45) is 5.92 Å². The van der Waals surface area contributed by atoms with E-state index in [1.165, 1.54) is 0 Å². The number of carboxylic acids is 1. The fourth-order valence-corrected chi connectivity index (χ4v) is 3.09. The van der Waals surface area contributed by atoms with Crippen LogP contribution >= 0.6 is 0 Å². The summed E-state index contributed by atoms with van der Waals surface area (Å²) in [5.41, 5.74) is 1.88. The second-order valence-electron chi connectivity index (χ2n) is 6.06. The molecule has 2 N–H and O–H groups in total. The number of hydrogen-bond acceptors (Lipinski definition) is 2. The lowest BCUT2D eigenvalue weighted by Crippen LogP contribution is -2.42. The Labute approximate surface area is 134 Å². The van der Waals surface area contributed by atoms with Gasteiger partial charge in [-0.2, -0.15) is 0 Å². The zero-order valence-corrected chi connectivity index (χ0v) is 13.1. The monoisotopic (exact) mass is 312 g/mol. The van der Waals surface area contributed by atoms with Crippen LogP contribution in [0.25, 0.3) is 10.8 Å². The molecule has 1 aliphatic heterocycles. The van der Waals surface area contributed by atoms with Gasteiger partial charge in [-0.1, -0.05) is 30.3 Å². The van der Waals surface area contributed by atoms with Crippen molar-refractivity contribution in [2.45, 2.75) is 19.8 Å². The van der Waals surface area contributed by atoms with E-state index in [1.54, 1.807) is 4.90 Å². The molecule has 0 radical (unpaired) electrons. The van der Waals surface area contributed by atoms with E-state index in [4.69, 9.17) is 5.11 Å². The summed E-state index contributed by atoms with van der Waals surface area (Å²) in [5, 5.41) is 14.1. The predicted molar refractivity (Wildman–Crippen MR) is 89.6 cm³/mol. The molecule has 23 heavy (non-hydrogen) atoms. The van der Waals surface area contributed by atoms with E-state index in [0.29, 0.717) is 25.9 Å². The molecule has 5 nitrogen and oxygen atoms in total. The quantitative estimate of drug-likeness (QED) is 0.892. The van der Waals surface area contributed by atoms with Crippen molar-refractivity contribution in [1.82, 2.24) is 4.90 Å². The number of aliphatic carboxylic acids is 1. The number of likely N-dealkylation sites (tertiary alicyclic amines) is 1. The van der Waals surface area contributed by atoms with Gasteiger partial charge in [-0.3, -0.25) is 4.79 Å². The molecular weight excluding hydrogens is 292 g/mol. The first kappa shape index (κ1) is 15.3. The molecule has 2 aromatic carbocycles. The summed E-state index contributed by atoms with van der Waals surface area (Å²) in [7, 11) is 0. The molecule has 0 bridgehead atoms. The topological polar surface area (TPSA) is 69.6 Å². The first-order valence-corrected chi connectivity index (χ1v) is 7.83. The standard InChI is InChI=1S/C18H20N2O3/c1-12-10-14-4-2-3-5-15(14)16(11-12)19-18(23)20-8-6-13(7-9-20)17(21)22/h2-5,10-11,13H,6-9H2,1H3,(H,19,23)(H,21,22). The SMILES string of the molecule is Cc1cc(NC(=O)N2CCC(C(=O)O)CC2)c2ccccc2c1. The third kappa shape index (κ3) is 3.28. The van der Waals surface area contributed by atoms with E-state index >= 15 is 0 Å². The number of carboxylic acid groups (broad SMARTS) is 1. The van der Waals surface area contributed by atoms with E-state index in [-0.39, 0.29) is 11.9 Å². The molecule has 120 valence electrons. The highest BCUT2D eigenvalue weighted by atomic mass is 16.4. The van der Waals surface area contributed by atoms with Gasteiger partial charge in [-0.25, -0.2) is 4.79 Å². The Hall–Kier alpha value is -2.56. The number of urea groups is 1. The second kappa shape index (κ2) is 6.28. The summed E-state index contributed by atoms with van der Waals surface area (Å²) in [5.74, 6) is -1.10. The Morgan fingerprint density at radius 2 is 1.87 bits per heavy atom. The Balaban J connectivity index is 1.75. The van der Waals surface area contributed by atoms with Gasteiger partial charge in [-0.05, 0) is 36.8 Å². The number of amides is 2. The van der Waals surface area contributed by atoms with E-state index < -0.39 is 5.97 Å². The van der Waals surface area contributed by atoms with Gasteiger partial charge in [0.15, 0.2) is 0 Å². The molecule has 2 amide bonds. The molecule has 1 heterocycles. The number of hydrogen-bond donors (Lipinski definition) is 2. The van der Waals surface area contributed by atoms with Gasteiger partial charge >= 0.3 is 12.0 Å². The highest BCUT2D eigenvalue weighted by Crippen LogP contribution is 2.26. The molecular formula is C18H20N2O3. The van der Waals surface area contributed by atoms with Crippen LogP contribution in [0.15, 0.2) is 36.4 Å². The minimum absolute atomic E-state index is 0.162. The number of fused-ring (bicyclic) bond motifs is 1. The molecule has 3 rings (SSSR count). The van der Waals surface area contributed by atoms with Crippen LogP contribution in [-0.4, -0.2) is 35.1 Å². The van der Waals surface area contributed by atoms with Gasteiger partial charge < -0.3 is 15.3 Å². The highest BCUT2D eigenvalue weighted by molar-refractivity contribution is 6.02. The van der Waals surface area contributed by atoms with Crippen LogP contribution in [0.5, 0.6) is 0 Å². The summed E-state index contributed by atoms with van der Waals surface area (Å²) in [6.45, 7) is 2.96. The van der Waals surface area contributed by atoms with Gasteiger partial charge in [0.1, 0.15) is 0 Å². The largest absolute Gasteiger partial charge is 0.481 e. The van der Waals surface area contributed by atoms with Crippen molar-refractivity contribution in [2.75, 3.05) is 18.4 Å². The molecule has 1 fully saturated rings. The van der Waals surface area contributed by atoms with Crippen LogP contribution in [0, 0.1) is 12.8 Å². The van der Waals surface area contributed by atoms with Crippen LogP contribution in [-0.2, 0) is 4.79 Å². The summed E-state index contributed by atoms with van der Waals surface area (Å²) < 4.78 is 0. The maximum atomic E-state index is 12.5. The minimum atomic E-state index is -0.769. The minimum Gasteiger partial charge on any atom is -0.481 e. The smallest absolute Gasteiger partial charge is 0.321 e. The van der Waals surface area contributed by atoms with Crippen LogP contribution in [0.1, 0.15) is 18.4 Å². The first-order chi connectivity index (χ1) is 11.0. The molecule has 0 saturated carbocycles. The highest BCUT2D eigenvalue weighted by Gasteiger charge is 2.27.